The fraction of sp³-hybridized carbons (Fsp3) is 0.200. The number of pyridine rings is 1. The fourth-order valence-electron chi connectivity index (χ4n) is 1.72. The lowest BCUT2D eigenvalue weighted by Gasteiger charge is -2.07. The van der Waals surface area contributed by atoms with Gasteiger partial charge in [-0.25, -0.2) is 4.98 Å². The normalized spacial score (nSPS) is 10.2. The number of carbonyl (C=O) groups excluding carboxylic acids is 1. The van der Waals surface area contributed by atoms with Crippen LogP contribution >= 0.6 is 23.2 Å². The van der Waals surface area contributed by atoms with Crippen molar-refractivity contribution < 1.29 is 4.79 Å². The minimum Gasteiger partial charge on any atom is -0.370 e. The number of nitrogens with one attached hydrogen (secondary N) is 2. The Kier molecular flexibility index (Phi) is 5.42. The van der Waals surface area contributed by atoms with Crippen molar-refractivity contribution in [1.82, 2.24) is 4.98 Å². The van der Waals surface area contributed by atoms with Gasteiger partial charge in [0.2, 0.25) is 0 Å². The van der Waals surface area contributed by atoms with E-state index in [2.05, 4.69) is 22.5 Å². The third kappa shape index (κ3) is 4.62. The van der Waals surface area contributed by atoms with Crippen LogP contribution in [0, 0.1) is 0 Å². The zero-order chi connectivity index (χ0) is 15.2. The highest BCUT2D eigenvalue weighted by atomic mass is 35.5. The molecule has 0 spiro atoms. The van der Waals surface area contributed by atoms with E-state index in [9.17, 15) is 4.79 Å². The second kappa shape index (κ2) is 7.29. The lowest BCUT2D eigenvalue weighted by molar-refractivity contribution is 0.102. The van der Waals surface area contributed by atoms with Crippen molar-refractivity contribution in [3.8, 4) is 0 Å². The fourth-order valence-corrected chi connectivity index (χ4v) is 2.24. The maximum atomic E-state index is 12.1. The minimum absolute atomic E-state index is 0.261. The van der Waals surface area contributed by atoms with Gasteiger partial charge in [-0.05, 0) is 36.8 Å². The Morgan fingerprint density at radius 2 is 1.90 bits per heavy atom. The van der Waals surface area contributed by atoms with Gasteiger partial charge in [-0.3, -0.25) is 4.79 Å². The average molecular weight is 324 g/mol. The number of anilines is 2. The highest BCUT2D eigenvalue weighted by molar-refractivity contribution is 6.35. The Hall–Kier alpha value is -1.78. The van der Waals surface area contributed by atoms with E-state index in [-0.39, 0.29) is 5.91 Å². The van der Waals surface area contributed by atoms with E-state index in [1.165, 1.54) is 6.20 Å². The highest BCUT2D eigenvalue weighted by Crippen LogP contribution is 2.22. The summed E-state index contributed by atoms with van der Waals surface area (Å²) in [6, 6.07) is 8.36. The largest absolute Gasteiger partial charge is 0.370 e. The summed E-state index contributed by atoms with van der Waals surface area (Å²) in [6.45, 7) is 2.92. The number of halogens is 2. The van der Waals surface area contributed by atoms with Crippen molar-refractivity contribution >= 4 is 40.6 Å². The molecule has 0 aliphatic rings. The number of aromatic nitrogens is 1. The average Bonchev–Trinajstić information content (AvgIpc) is 2.44. The molecule has 6 heteroatoms. The molecule has 0 aliphatic carbocycles. The number of rotatable bonds is 5. The van der Waals surface area contributed by atoms with E-state index in [0.717, 1.165) is 18.8 Å². The van der Waals surface area contributed by atoms with Gasteiger partial charge in [0.25, 0.3) is 5.91 Å². The number of nitrogens with zero attached hydrogens (tertiary/aromatic N) is 1. The van der Waals surface area contributed by atoms with E-state index in [0.29, 0.717) is 21.3 Å². The Bertz CT molecular complexity index is 609. The van der Waals surface area contributed by atoms with Gasteiger partial charge in [0.05, 0.1) is 5.56 Å². The molecule has 1 amide bonds. The molecule has 21 heavy (non-hydrogen) atoms. The molecule has 4 nitrogen and oxygen atoms in total. The van der Waals surface area contributed by atoms with Crippen LogP contribution in [0.5, 0.6) is 0 Å². The summed E-state index contributed by atoms with van der Waals surface area (Å²) in [6.07, 6.45) is 2.54. The Morgan fingerprint density at radius 1 is 1.19 bits per heavy atom. The minimum atomic E-state index is -0.261. The first-order valence-corrected chi connectivity index (χ1v) is 7.31. The van der Waals surface area contributed by atoms with E-state index >= 15 is 0 Å². The van der Waals surface area contributed by atoms with E-state index in [1.807, 2.05) is 0 Å². The van der Waals surface area contributed by atoms with Crippen LogP contribution in [-0.2, 0) is 0 Å². The van der Waals surface area contributed by atoms with Gasteiger partial charge in [-0.2, -0.15) is 0 Å². The van der Waals surface area contributed by atoms with Crippen LogP contribution in [0.4, 0.5) is 11.5 Å². The molecule has 2 aromatic rings. The summed E-state index contributed by atoms with van der Waals surface area (Å²) in [5.41, 5.74) is 1.01. The summed E-state index contributed by atoms with van der Waals surface area (Å²) in [7, 11) is 0. The zero-order valence-corrected chi connectivity index (χ0v) is 13.0. The molecule has 0 atom stereocenters. The SMILES string of the molecule is CCCNc1ccc(C(=O)Nc2cc(Cl)cc(Cl)c2)cn1. The number of hydrogen-bond donors (Lipinski definition) is 2. The Morgan fingerprint density at radius 3 is 2.48 bits per heavy atom. The molecule has 1 aromatic carbocycles. The molecule has 1 heterocycles. The first-order valence-electron chi connectivity index (χ1n) is 6.56. The molecule has 1 aromatic heterocycles. The summed E-state index contributed by atoms with van der Waals surface area (Å²) >= 11 is 11.8. The molecule has 0 saturated heterocycles. The first-order chi connectivity index (χ1) is 10.1. The van der Waals surface area contributed by atoms with Crippen molar-refractivity contribution in [3.63, 3.8) is 0 Å². The van der Waals surface area contributed by atoms with Gasteiger partial charge >= 0.3 is 0 Å². The molecule has 0 saturated carbocycles. The van der Waals surface area contributed by atoms with Crippen LogP contribution in [0.3, 0.4) is 0 Å². The lowest BCUT2D eigenvalue weighted by atomic mass is 10.2. The molecule has 0 aliphatic heterocycles. The van der Waals surface area contributed by atoms with Gasteiger partial charge in [0.15, 0.2) is 0 Å². The molecule has 0 bridgehead atoms. The second-order valence-corrected chi connectivity index (χ2v) is 5.34. The molecule has 0 radical (unpaired) electrons. The van der Waals surface area contributed by atoms with Gasteiger partial charge in [0.1, 0.15) is 5.82 Å². The standard InChI is InChI=1S/C15H15Cl2N3O/c1-2-5-18-14-4-3-10(9-19-14)15(21)20-13-7-11(16)6-12(17)8-13/h3-4,6-9H,2,5H2,1H3,(H,18,19)(H,20,21). The predicted molar refractivity (Wildman–Crippen MR) is 87.4 cm³/mol. The Balaban J connectivity index is 2.06. The molecular formula is C15H15Cl2N3O. The first kappa shape index (κ1) is 15.6. The van der Waals surface area contributed by atoms with Crippen molar-refractivity contribution in [2.45, 2.75) is 13.3 Å². The van der Waals surface area contributed by atoms with Crippen molar-refractivity contribution in [3.05, 3.63) is 52.1 Å². The number of amides is 1. The van der Waals surface area contributed by atoms with E-state index in [4.69, 9.17) is 23.2 Å². The second-order valence-electron chi connectivity index (χ2n) is 4.47. The molecule has 0 unspecified atom stereocenters. The topological polar surface area (TPSA) is 54.0 Å². The molecule has 0 fully saturated rings. The maximum Gasteiger partial charge on any atom is 0.257 e. The van der Waals surface area contributed by atoms with Gasteiger partial charge < -0.3 is 10.6 Å². The lowest BCUT2D eigenvalue weighted by Crippen LogP contribution is -2.12. The molecule has 110 valence electrons. The maximum absolute atomic E-state index is 12.1. The van der Waals surface area contributed by atoms with Crippen LogP contribution in [-0.4, -0.2) is 17.4 Å². The summed E-state index contributed by atoms with van der Waals surface area (Å²) in [5.74, 6) is 0.488. The van der Waals surface area contributed by atoms with Crippen molar-refractivity contribution in [2.75, 3.05) is 17.2 Å². The summed E-state index contributed by atoms with van der Waals surface area (Å²) in [4.78, 5) is 16.3. The van der Waals surface area contributed by atoms with Crippen LogP contribution in [0.2, 0.25) is 10.0 Å². The number of hydrogen-bond acceptors (Lipinski definition) is 3. The van der Waals surface area contributed by atoms with Crippen LogP contribution in [0.15, 0.2) is 36.5 Å². The zero-order valence-electron chi connectivity index (χ0n) is 11.5. The van der Waals surface area contributed by atoms with Gasteiger partial charge in [-0.15, -0.1) is 0 Å². The molecular weight excluding hydrogens is 309 g/mol. The van der Waals surface area contributed by atoms with E-state index < -0.39 is 0 Å². The summed E-state index contributed by atoms with van der Waals surface area (Å²) < 4.78 is 0. The van der Waals surface area contributed by atoms with Gasteiger partial charge in [0, 0.05) is 28.5 Å². The highest BCUT2D eigenvalue weighted by Gasteiger charge is 2.08. The third-order valence-electron chi connectivity index (χ3n) is 2.70. The molecule has 2 rings (SSSR count). The number of benzene rings is 1. The summed E-state index contributed by atoms with van der Waals surface area (Å²) in [5, 5.41) is 6.82. The third-order valence-corrected chi connectivity index (χ3v) is 3.14. The van der Waals surface area contributed by atoms with Gasteiger partial charge in [-0.1, -0.05) is 30.1 Å². The van der Waals surface area contributed by atoms with Crippen LogP contribution in [0.1, 0.15) is 23.7 Å². The van der Waals surface area contributed by atoms with Crippen molar-refractivity contribution in [2.24, 2.45) is 0 Å². The van der Waals surface area contributed by atoms with Crippen molar-refractivity contribution in [1.29, 1.82) is 0 Å². The Labute approximate surface area is 133 Å². The van der Waals surface area contributed by atoms with E-state index in [1.54, 1.807) is 30.3 Å². The smallest absolute Gasteiger partial charge is 0.257 e. The quantitative estimate of drug-likeness (QED) is 0.853. The number of carbonyl (C=O) groups is 1. The molecule has 2 N–H and O–H groups in total. The van der Waals surface area contributed by atoms with Crippen LogP contribution < -0.4 is 10.6 Å². The van der Waals surface area contributed by atoms with Crippen LogP contribution in [0.25, 0.3) is 0 Å². The monoisotopic (exact) mass is 323 g/mol. The predicted octanol–water partition coefficient (Wildman–Crippen LogP) is 4.46.